The van der Waals surface area contributed by atoms with Gasteiger partial charge in [0.2, 0.25) is 5.72 Å². The first-order valence-corrected chi connectivity index (χ1v) is 8.71. The third-order valence-electron chi connectivity index (χ3n) is 4.37. The van der Waals surface area contributed by atoms with Gasteiger partial charge in [0.05, 0.1) is 16.5 Å². The molecule has 7 nitrogen and oxygen atoms in total. The molecule has 1 aliphatic rings. The van der Waals surface area contributed by atoms with Crippen molar-refractivity contribution in [2.24, 2.45) is 5.92 Å². The second-order valence-corrected chi connectivity index (χ2v) is 7.03. The second-order valence-electron chi connectivity index (χ2n) is 6.09. The lowest BCUT2D eigenvalue weighted by Gasteiger charge is -2.44. The average molecular weight is 414 g/mol. The summed E-state index contributed by atoms with van der Waals surface area (Å²) in [6, 6.07) is 4.55. The fourth-order valence-electron chi connectivity index (χ4n) is 3.02. The first-order valence-electron chi connectivity index (χ1n) is 7.83. The molecular formula is C17H13F3N2O5S. The van der Waals surface area contributed by atoms with E-state index in [1.165, 1.54) is 35.0 Å². The predicted molar refractivity (Wildman–Crippen MR) is 91.0 cm³/mol. The lowest BCUT2D eigenvalue weighted by Crippen LogP contribution is -2.72. The third-order valence-corrected chi connectivity index (χ3v) is 5.25. The Kier molecular flexibility index (Phi) is 4.90. The van der Waals surface area contributed by atoms with Crippen LogP contribution in [0.15, 0.2) is 41.8 Å². The Morgan fingerprint density at radius 3 is 2.29 bits per heavy atom. The van der Waals surface area contributed by atoms with Gasteiger partial charge < -0.3 is 20.8 Å². The van der Waals surface area contributed by atoms with E-state index in [4.69, 9.17) is 5.11 Å². The van der Waals surface area contributed by atoms with E-state index in [0.717, 1.165) is 23.5 Å². The number of ketones is 1. The summed E-state index contributed by atoms with van der Waals surface area (Å²) in [5.41, 5.74) is -3.90. The van der Waals surface area contributed by atoms with Crippen molar-refractivity contribution in [1.82, 2.24) is 10.6 Å². The van der Waals surface area contributed by atoms with Crippen LogP contribution >= 0.6 is 11.3 Å². The Balaban J connectivity index is 2.12. The summed E-state index contributed by atoms with van der Waals surface area (Å²) in [4.78, 5) is 35.7. The van der Waals surface area contributed by atoms with Crippen molar-refractivity contribution in [3.05, 3.63) is 57.8 Å². The number of benzene rings is 1. The number of carboxylic acids is 1. The van der Waals surface area contributed by atoms with Gasteiger partial charge in [0.25, 0.3) is 0 Å². The van der Waals surface area contributed by atoms with Crippen LogP contribution in [0.3, 0.4) is 0 Å². The topological polar surface area (TPSA) is 116 Å². The summed E-state index contributed by atoms with van der Waals surface area (Å²) in [6.45, 7) is 0. The van der Waals surface area contributed by atoms with Gasteiger partial charge in [-0.1, -0.05) is 18.2 Å². The maximum absolute atomic E-state index is 13.7. The second kappa shape index (κ2) is 6.91. The number of carboxylic acid groups (broad SMARTS) is 1. The van der Waals surface area contributed by atoms with E-state index in [1.807, 2.05) is 0 Å². The van der Waals surface area contributed by atoms with Crippen LogP contribution in [0.5, 0.6) is 0 Å². The molecule has 3 atom stereocenters. The highest BCUT2D eigenvalue weighted by Crippen LogP contribution is 2.44. The van der Waals surface area contributed by atoms with Crippen molar-refractivity contribution < 1.29 is 37.8 Å². The number of carbonyl (C=O) groups is 3. The maximum atomic E-state index is 13.7. The lowest BCUT2D eigenvalue weighted by atomic mass is 9.78. The van der Waals surface area contributed by atoms with Gasteiger partial charge in [-0.2, -0.15) is 13.2 Å². The van der Waals surface area contributed by atoms with Crippen molar-refractivity contribution in [3.63, 3.8) is 0 Å². The first kappa shape index (κ1) is 19.8. The summed E-state index contributed by atoms with van der Waals surface area (Å²) in [5.74, 6) is -4.41. The molecule has 11 heteroatoms. The molecule has 0 aliphatic carbocycles. The fourth-order valence-corrected chi connectivity index (χ4v) is 3.73. The Bertz CT molecular complexity index is 914. The largest absolute Gasteiger partial charge is 0.478 e. The summed E-state index contributed by atoms with van der Waals surface area (Å²) in [6.07, 6.45) is -5.35. The Morgan fingerprint density at radius 2 is 1.79 bits per heavy atom. The molecule has 0 saturated carbocycles. The molecule has 2 amide bonds. The van der Waals surface area contributed by atoms with Gasteiger partial charge in [0.15, 0.2) is 5.78 Å². The van der Waals surface area contributed by atoms with Crippen LogP contribution in [0.25, 0.3) is 0 Å². The molecule has 3 rings (SSSR count). The zero-order chi connectivity index (χ0) is 20.7. The fraction of sp³-hybridized carbons (Fsp3) is 0.235. The van der Waals surface area contributed by atoms with E-state index >= 15 is 0 Å². The molecule has 0 unspecified atom stereocenters. The molecular weight excluding hydrogens is 401 g/mol. The highest BCUT2D eigenvalue weighted by Gasteiger charge is 2.66. The smallest absolute Gasteiger partial charge is 0.437 e. The number of hydrogen-bond acceptors (Lipinski definition) is 5. The first-order chi connectivity index (χ1) is 13.0. The Morgan fingerprint density at radius 1 is 1.14 bits per heavy atom. The Hall–Kier alpha value is -2.92. The molecule has 0 radical (unpaired) electrons. The maximum Gasteiger partial charge on any atom is 0.437 e. The number of aromatic carboxylic acids is 1. The van der Waals surface area contributed by atoms with Crippen LogP contribution in [0.2, 0.25) is 0 Å². The van der Waals surface area contributed by atoms with E-state index in [2.05, 4.69) is 5.32 Å². The predicted octanol–water partition coefficient (Wildman–Crippen LogP) is 2.55. The summed E-state index contributed by atoms with van der Waals surface area (Å²) >= 11 is 0.894. The van der Waals surface area contributed by atoms with E-state index < -0.39 is 41.6 Å². The van der Waals surface area contributed by atoms with Gasteiger partial charge in [-0.15, -0.1) is 11.3 Å². The molecule has 148 valence electrons. The van der Waals surface area contributed by atoms with Gasteiger partial charge in [-0.05, 0) is 29.1 Å². The number of halogens is 3. The molecule has 2 aromatic rings. The van der Waals surface area contributed by atoms with Crippen molar-refractivity contribution in [2.75, 3.05) is 0 Å². The number of thiophene rings is 1. The van der Waals surface area contributed by atoms with Gasteiger partial charge in [-0.25, -0.2) is 9.59 Å². The minimum atomic E-state index is -5.35. The summed E-state index contributed by atoms with van der Waals surface area (Å²) < 4.78 is 41.1. The van der Waals surface area contributed by atoms with E-state index in [9.17, 15) is 32.7 Å². The number of alkyl halides is 3. The minimum Gasteiger partial charge on any atom is -0.478 e. The van der Waals surface area contributed by atoms with Gasteiger partial charge in [0.1, 0.15) is 5.92 Å². The molecule has 1 saturated heterocycles. The molecule has 1 fully saturated rings. The van der Waals surface area contributed by atoms with Gasteiger partial charge in [-0.3, -0.25) is 4.79 Å². The third kappa shape index (κ3) is 3.34. The zero-order valence-electron chi connectivity index (χ0n) is 13.9. The minimum absolute atomic E-state index is 0.0298. The van der Waals surface area contributed by atoms with Crippen molar-refractivity contribution in [3.8, 4) is 0 Å². The van der Waals surface area contributed by atoms with Crippen LogP contribution in [0, 0.1) is 5.92 Å². The van der Waals surface area contributed by atoms with Crippen LogP contribution < -0.4 is 10.6 Å². The van der Waals surface area contributed by atoms with Gasteiger partial charge >= 0.3 is 18.2 Å². The van der Waals surface area contributed by atoms with Crippen LogP contribution in [0.4, 0.5) is 18.0 Å². The molecule has 1 aromatic carbocycles. The van der Waals surface area contributed by atoms with E-state index in [0.29, 0.717) is 0 Å². The number of hydrogen-bond donors (Lipinski definition) is 4. The number of amides is 2. The highest BCUT2D eigenvalue weighted by molar-refractivity contribution is 7.12. The van der Waals surface area contributed by atoms with Crippen molar-refractivity contribution in [1.29, 1.82) is 0 Å². The number of rotatable bonds is 4. The zero-order valence-corrected chi connectivity index (χ0v) is 14.7. The number of carbonyl (C=O) groups excluding carboxylic acids is 2. The number of aliphatic hydroxyl groups is 1. The molecule has 1 aromatic heterocycles. The van der Waals surface area contributed by atoms with Gasteiger partial charge in [0, 0.05) is 0 Å². The van der Waals surface area contributed by atoms with Crippen molar-refractivity contribution in [2.45, 2.75) is 17.9 Å². The molecule has 28 heavy (non-hydrogen) atoms. The molecule has 2 heterocycles. The summed E-state index contributed by atoms with van der Waals surface area (Å²) in [5, 5.41) is 24.5. The highest BCUT2D eigenvalue weighted by atomic mass is 32.1. The standard InChI is InChI=1S/C17H13F3N2O5S/c18-17(19,20)16(27)11(13(23)10-2-1-7-28-10)12(21-15(26)22-16)8-3-5-9(6-4-8)14(24)25/h1-7,11-12,27H,(H,24,25)(H2,21,22,26)/t11-,12-,16+/m1/s1. The van der Waals surface area contributed by atoms with Crippen molar-refractivity contribution >= 4 is 29.1 Å². The van der Waals surface area contributed by atoms with Crippen LogP contribution in [0.1, 0.15) is 31.6 Å². The number of Topliss-reactive ketones (excluding diaryl/α,β-unsaturated/α-hetero) is 1. The average Bonchev–Trinajstić information content (AvgIpc) is 3.14. The molecule has 0 bridgehead atoms. The van der Waals surface area contributed by atoms with Crippen LogP contribution in [-0.2, 0) is 0 Å². The quantitative estimate of drug-likeness (QED) is 0.574. The SMILES string of the molecule is O=C1N[C@H](c2ccc(C(=O)O)cc2)[C@H](C(=O)c2cccs2)[C@](O)(C(F)(F)F)N1. The monoisotopic (exact) mass is 414 g/mol. The molecule has 1 aliphatic heterocycles. The molecule has 0 spiro atoms. The molecule has 4 N–H and O–H groups in total. The normalized spacial score (nSPS) is 24.9. The Labute approximate surface area is 159 Å². The van der Waals surface area contributed by atoms with Crippen LogP contribution in [-0.4, -0.2) is 39.9 Å². The van der Waals surface area contributed by atoms with E-state index in [-0.39, 0.29) is 16.0 Å². The number of nitrogens with one attached hydrogen (secondary N) is 2. The summed E-state index contributed by atoms with van der Waals surface area (Å²) in [7, 11) is 0. The number of urea groups is 1. The lowest BCUT2D eigenvalue weighted by molar-refractivity contribution is -0.287. The van der Waals surface area contributed by atoms with E-state index in [1.54, 1.807) is 0 Å².